The third-order valence-electron chi connectivity index (χ3n) is 6.05. The van der Waals surface area contributed by atoms with Gasteiger partial charge < -0.3 is 9.80 Å². The first-order chi connectivity index (χ1) is 15.5. The Labute approximate surface area is 186 Å². The average Bonchev–Trinajstić information content (AvgIpc) is 3.37. The summed E-state index contributed by atoms with van der Waals surface area (Å²) in [7, 11) is 2.09. The zero-order valence-electron chi connectivity index (χ0n) is 18.0. The highest BCUT2D eigenvalue weighted by Crippen LogP contribution is 2.20. The van der Waals surface area contributed by atoms with Crippen molar-refractivity contribution >= 4 is 11.6 Å². The summed E-state index contributed by atoms with van der Waals surface area (Å²) in [6.07, 6.45) is 5.68. The van der Waals surface area contributed by atoms with Crippen LogP contribution < -0.4 is 0 Å². The number of nitro benzene ring substituents is 1. The Morgan fingerprint density at radius 2 is 1.94 bits per heavy atom. The molecule has 9 nitrogen and oxygen atoms in total. The van der Waals surface area contributed by atoms with Crippen LogP contribution in [0, 0.1) is 10.1 Å². The normalized spacial score (nSPS) is 14.6. The topological polar surface area (TPSA) is 97.4 Å². The molecule has 2 aromatic carbocycles. The number of hydrogen-bond acceptors (Lipinski definition) is 6. The molecule has 0 bridgehead atoms. The van der Waals surface area contributed by atoms with Crippen molar-refractivity contribution in [3.8, 4) is 5.69 Å². The van der Waals surface area contributed by atoms with Gasteiger partial charge in [-0.1, -0.05) is 12.1 Å². The Bertz CT molecular complexity index is 1060. The number of non-ortho nitro benzene ring substituents is 1. The fourth-order valence-corrected chi connectivity index (χ4v) is 4.10. The number of rotatable bonds is 7. The molecule has 0 unspecified atom stereocenters. The molecule has 166 valence electrons. The SMILES string of the molecule is CN(CCc1cccc([N+](=O)[O-])c1)C1CCN(C(=O)c2ccc(-n3cncn3)cc2)CC1. The highest BCUT2D eigenvalue weighted by molar-refractivity contribution is 5.94. The fourth-order valence-electron chi connectivity index (χ4n) is 4.10. The molecule has 0 N–H and O–H groups in total. The third kappa shape index (κ3) is 5.00. The van der Waals surface area contributed by atoms with Crippen LogP contribution in [0.5, 0.6) is 0 Å². The number of likely N-dealkylation sites (tertiary alicyclic amines) is 1. The Hall–Kier alpha value is -3.59. The van der Waals surface area contributed by atoms with E-state index >= 15 is 0 Å². The van der Waals surface area contributed by atoms with Crippen LogP contribution in [0.15, 0.2) is 61.2 Å². The molecule has 0 atom stereocenters. The van der Waals surface area contributed by atoms with Crippen LogP contribution in [0.3, 0.4) is 0 Å². The van der Waals surface area contributed by atoms with E-state index in [9.17, 15) is 14.9 Å². The number of likely N-dealkylation sites (N-methyl/N-ethyl adjacent to an activating group) is 1. The van der Waals surface area contributed by atoms with Crippen LogP contribution in [-0.2, 0) is 6.42 Å². The van der Waals surface area contributed by atoms with Gasteiger partial charge in [-0.05, 0) is 56.1 Å². The van der Waals surface area contributed by atoms with Gasteiger partial charge >= 0.3 is 0 Å². The average molecular weight is 435 g/mol. The molecule has 1 aliphatic heterocycles. The van der Waals surface area contributed by atoms with Crippen molar-refractivity contribution in [2.24, 2.45) is 0 Å². The fraction of sp³-hybridized carbons (Fsp3) is 0.348. The summed E-state index contributed by atoms with van der Waals surface area (Å²) < 4.78 is 1.66. The van der Waals surface area contributed by atoms with Crippen molar-refractivity contribution in [1.82, 2.24) is 24.6 Å². The predicted molar refractivity (Wildman–Crippen MR) is 120 cm³/mol. The highest BCUT2D eigenvalue weighted by Gasteiger charge is 2.26. The number of hydrogen-bond donors (Lipinski definition) is 0. The maximum atomic E-state index is 12.9. The second-order valence-electron chi connectivity index (χ2n) is 8.07. The number of carbonyl (C=O) groups excluding carboxylic acids is 1. The van der Waals surface area contributed by atoms with Gasteiger partial charge in [0.05, 0.1) is 10.6 Å². The van der Waals surface area contributed by atoms with E-state index < -0.39 is 0 Å². The van der Waals surface area contributed by atoms with Crippen LogP contribution >= 0.6 is 0 Å². The summed E-state index contributed by atoms with van der Waals surface area (Å²) in [5.74, 6) is 0.0489. The van der Waals surface area contributed by atoms with Gasteiger partial charge in [0.1, 0.15) is 12.7 Å². The Kier molecular flexibility index (Phi) is 6.55. The van der Waals surface area contributed by atoms with E-state index in [-0.39, 0.29) is 16.5 Å². The van der Waals surface area contributed by atoms with E-state index in [0.717, 1.165) is 50.1 Å². The molecule has 1 fully saturated rings. The zero-order valence-corrected chi connectivity index (χ0v) is 18.0. The van der Waals surface area contributed by atoms with Crippen LogP contribution in [0.4, 0.5) is 5.69 Å². The van der Waals surface area contributed by atoms with Gasteiger partial charge in [0.15, 0.2) is 0 Å². The Morgan fingerprint density at radius 1 is 1.19 bits per heavy atom. The first kappa shape index (κ1) is 21.6. The summed E-state index contributed by atoms with van der Waals surface area (Å²) >= 11 is 0. The Balaban J connectivity index is 1.27. The first-order valence-corrected chi connectivity index (χ1v) is 10.7. The predicted octanol–water partition coefficient (Wildman–Crippen LogP) is 2.95. The largest absolute Gasteiger partial charge is 0.339 e. The van der Waals surface area contributed by atoms with Gasteiger partial charge in [0.25, 0.3) is 11.6 Å². The van der Waals surface area contributed by atoms with E-state index in [4.69, 9.17) is 0 Å². The van der Waals surface area contributed by atoms with Gasteiger partial charge in [0, 0.05) is 43.4 Å². The number of nitro groups is 1. The molecule has 0 saturated carbocycles. The number of piperidine rings is 1. The van der Waals surface area contributed by atoms with Gasteiger partial charge in [-0.15, -0.1) is 0 Å². The number of nitrogens with zero attached hydrogens (tertiary/aromatic N) is 6. The molecule has 32 heavy (non-hydrogen) atoms. The quantitative estimate of drug-likeness (QED) is 0.419. The molecule has 1 aliphatic rings. The highest BCUT2D eigenvalue weighted by atomic mass is 16.6. The van der Waals surface area contributed by atoms with E-state index in [0.29, 0.717) is 11.6 Å². The lowest BCUT2D eigenvalue weighted by molar-refractivity contribution is -0.384. The lowest BCUT2D eigenvalue weighted by Crippen LogP contribution is -2.46. The second kappa shape index (κ2) is 9.69. The zero-order chi connectivity index (χ0) is 22.5. The van der Waals surface area contributed by atoms with Crippen molar-refractivity contribution in [3.63, 3.8) is 0 Å². The smallest absolute Gasteiger partial charge is 0.269 e. The van der Waals surface area contributed by atoms with Gasteiger partial charge in [0.2, 0.25) is 0 Å². The van der Waals surface area contributed by atoms with Crippen molar-refractivity contribution in [3.05, 3.63) is 82.4 Å². The van der Waals surface area contributed by atoms with Crippen LogP contribution in [-0.4, -0.2) is 68.1 Å². The van der Waals surface area contributed by atoms with Crippen molar-refractivity contribution in [1.29, 1.82) is 0 Å². The van der Waals surface area contributed by atoms with Crippen molar-refractivity contribution in [2.45, 2.75) is 25.3 Å². The van der Waals surface area contributed by atoms with Crippen molar-refractivity contribution in [2.75, 3.05) is 26.7 Å². The molecule has 0 radical (unpaired) electrons. The molecule has 0 spiro atoms. The van der Waals surface area contributed by atoms with Gasteiger partial charge in [-0.25, -0.2) is 9.67 Å². The minimum Gasteiger partial charge on any atom is -0.339 e. The number of benzene rings is 2. The molecule has 9 heteroatoms. The van der Waals surface area contributed by atoms with E-state index in [1.807, 2.05) is 35.2 Å². The van der Waals surface area contributed by atoms with E-state index in [1.54, 1.807) is 23.1 Å². The summed E-state index contributed by atoms with van der Waals surface area (Å²) in [4.78, 5) is 31.6. The second-order valence-corrected chi connectivity index (χ2v) is 8.07. The first-order valence-electron chi connectivity index (χ1n) is 10.7. The summed E-state index contributed by atoms with van der Waals surface area (Å²) in [5, 5.41) is 15.1. The molecule has 0 aliphatic carbocycles. The molecule has 3 aromatic rings. The Morgan fingerprint density at radius 3 is 2.59 bits per heavy atom. The van der Waals surface area contributed by atoms with E-state index in [2.05, 4.69) is 22.0 Å². The van der Waals surface area contributed by atoms with Crippen molar-refractivity contribution < 1.29 is 9.72 Å². The monoisotopic (exact) mass is 434 g/mol. The summed E-state index contributed by atoms with van der Waals surface area (Å²) in [5.41, 5.74) is 2.63. The minimum atomic E-state index is -0.359. The third-order valence-corrected chi connectivity index (χ3v) is 6.05. The molecule has 1 aromatic heterocycles. The van der Waals surface area contributed by atoms with Gasteiger partial charge in [-0.2, -0.15) is 5.10 Å². The molecule has 2 heterocycles. The molecule has 4 rings (SSSR count). The minimum absolute atomic E-state index is 0.0489. The standard InChI is InChI=1S/C23H26N6O3/c1-26(12-9-18-3-2-4-22(15-18)29(31)32)20-10-13-27(14-11-20)23(30)19-5-7-21(8-6-19)28-17-24-16-25-28/h2-8,15-17,20H,9-14H2,1H3. The van der Waals surface area contributed by atoms with E-state index in [1.165, 1.54) is 12.4 Å². The molecule has 1 saturated heterocycles. The van der Waals surface area contributed by atoms with Crippen LogP contribution in [0.1, 0.15) is 28.8 Å². The van der Waals surface area contributed by atoms with Crippen LogP contribution in [0.2, 0.25) is 0 Å². The lowest BCUT2D eigenvalue weighted by Gasteiger charge is -2.37. The number of amides is 1. The number of carbonyl (C=O) groups is 1. The summed E-state index contributed by atoms with van der Waals surface area (Å²) in [6, 6.07) is 14.6. The molecular formula is C23H26N6O3. The lowest BCUT2D eigenvalue weighted by atomic mass is 10.0. The maximum absolute atomic E-state index is 12.9. The van der Waals surface area contributed by atoms with Crippen LogP contribution in [0.25, 0.3) is 5.69 Å². The molecular weight excluding hydrogens is 408 g/mol. The maximum Gasteiger partial charge on any atom is 0.269 e. The molecule has 1 amide bonds. The van der Waals surface area contributed by atoms with Gasteiger partial charge in [-0.3, -0.25) is 14.9 Å². The summed E-state index contributed by atoms with van der Waals surface area (Å²) in [6.45, 7) is 2.26. The number of aromatic nitrogens is 3.